The van der Waals surface area contributed by atoms with Crippen LogP contribution in [0.5, 0.6) is 11.5 Å². The van der Waals surface area contributed by atoms with E-state index >= 15 is 0 Å². The molecule has 1 heterocycles. The molecule has 328 valence electrons. The number of carboxylic acid groups (broad SMARTS) is 1. The second kappa shape index (κ2) is 22.8. The zero-order valence-electron chi connectivity index (χ0n) is 31.5. The number of aromatic carboxylic acids is 1. The van der Waals surface area contributed by atoms with E-state index in [2.05, 4.69) is 48.6 Å². The number of hydrogen-bond acceptors (Lipinski definition) is 25. The third-order valence-electron chi connectivity index (χ3n) is 8.03. The molecular weight excluding hydrogens is 925 g/mol. The molecule has 0 fully saturated rings. The van der Waals surface area contributed by atoms with Crippen molar-refractivity contribution >= 4 is 109 Å². The highest BCUT2D eigenvalue weighted by atomic mass is 32.2. The fourth-order valence-corrected chi connectivity index (χ4v) is 8.37. The lowest BCUT2D eigenvalue weighted by atomic mass is 10.1. The van der Waals surface area contributed by atoms with Crippen molar-refractivity contribution in [3.05, 3.63) is 84.2 Å². The fourth-order valence-electron chi connectivity index (χ4n) is 5.17. The number of nitrogens with two attached hydrogens (primary N) is 1. The van der Waals surface area contributed by atoms with Crippen LogP contribution in [-0.2, 0) is 53.5 Å². The summed E-state index contributed by atoms with van der Waals surface area (Å²) >= 11 is 2.09. The van der Waals surface area contributed by atoms with Gasteiger partial charge in [-0.1, -0.05) is 15.1 Å². The molecule has 62 heavy (non-hydrogen) atoms. The van der Waals surface area contributed by atoms with Crippen LogP contribution in [0.3, 0.4) is 0 Å². The van der Waals surface area contributed by atoms with Gasteiger partial charge in [-0.3, -0.25) is 4.79 Å². The lowest BCUT2D eigenvalue weighted by molar-refractivity contribution is -0.692. The number of fused-ring (bicyclic) bond motifs is 1. The summed E-state index contributed by atoms with van der Waals surface area (Å²) in [5.41, 5.74) is 7.04. The number of ether oxygens (including phenoxy) is 1. The van der Waals surface area contributed by atoms with Crippen LogP contribution < -0.4 is 15.0 Å². The second-order valence-electron chi connectivity index (χ2n) is 11.8. The van der Waals surface area contributed by atoms with Gasteiger partial charge in [0, 0.05) is 28.9 Å². The van der Waals surface area contributed by atoms with Crippen molar-refractivity contribution in [2.24, 2.45) is 20.5 Å². The number of rotatable bonds is 22. The summed E-state index contributed by atoms with van der Waals surface area (Å²) in [5.74, 6) is -2.81. The Bertz CT molecular complexity index is 2610. The maximum Gasteiger partial charge on any atom is 0.341 e. The lowest BCUT2D eigenvalue weighted by Gasteiger charge is -2.12. The summed E-state index contributed by atoms with van der Waals surface area (Å²) in [6, 6.07) is 14.1. The highest BCUT2D eigenvalue weighted by Gasteiger charge is 2.22. The summed E-state index contributed by atoms with van der Waals surface area (Å²) in [6.07, 6.45) is 2.83. The molecule has 0 saturated carbocycles. The number of nitrogen functional groups attached to an aromatic ring is 1. The van der Waals surface area contributed by atoms with E-state index in [0.717, 1.165) is 12.0 Å². The summed E-state index contributed by atoms with van der Waals surface area (Å²) in [5, 5.41) is 75.1. The van der Waals surface area contributed by atoms with E-state index in [1.807, 2.05) is 0 Å². The molecule has 7 N–H and O–H groups in total. The molecule has 0 aliphatic carbocycles. The van der Waals surface area contributed by atoms with Gasteiger partial charge >= 0.3 is 11.9 Å². The number of aromatic nitrogens is 1. The smallest absolute Gasteiger partial charge is 0.341 e. The van der Waals surface area contributed by atoms with Crippen molar-refractivity contribution in [3.63, 3.8) is 0 Å². The predicted molar refractivity (Wildman–Crippen MR) is 219 cm³/mol. The Hall–Kier alpha value is -5.18. The van der Waals surface area contributed by atoms with E-state index in [1.54, 1.807) is 13.0 Å². The number of phenols is 1. The van der Waals surface area contributed by atoms with Gasteiger partial charge in [0.25, 0.3) is 0 Å². The number of aromatic hydroxyl groups is 1. The Kier molecular flexibility index (Phi) is 17.6. The molecule has 0 bridgehead atoms. The topological polar surface area (TPSA) is 323 Å². The first-order chi connectivity index (χ1) is 29.8. The number of pyridine rings is 1. The number of benzene rings is 4. The quantitative estimate of drug-likeness (QED) is 0.00723. The number of carbonyl (C=O) groups excluding carboxylic acids is 1. The van der Waals surface area contributed by atoms with Gasteiger partial charge in [0.2, 0.25) is 0 Å². The predicted octanol–water partition coefficient (Wildman–Crippen LogP) is 8.21. The van der Waals surface area contributed by atoms with Crippen LogP contribution in [-0.4, -0.2) is 65.0 Å². The molecule has 0 amide bonds. The summed E-state index contributed by atoms with van der Waals surface area (Å²) in [7, 11) is -2.61. The highest BCUT2D eigenvalue weighted by molar-refractivity contribution is 7.96. The molecule has 28 heteroatoms. The Morgan fingerprint density at radius 2 is 1.52 bits per heavy atom. The number of nitrogens with zero attached hydrogens (tertiary/aromatic N) is 5. The maximum atomic E-state index is 13.3. The maximum absolute atomic E-state index is 13.3. The van der Waals surface area contributed by atoms with Crippen molar-refractivity contribution in [1.29, 1.82) is 0 Å². The van der Waals surface area contributed by atoms with Gasteiger partial charge in [-0.15, -0.1) is 33.5 Å². The molecule has 0 unspecified atom stereocenters. The summed E-state index contributed by atoms with van der Waals surface area (Å²) in [6.45, 7) is 1.63. The number of carboxylic acids is 1. The van der Waals surface area contributed by atoms with Crippen LogP contribution in [0.1, 0.15) is 15.9 Å². The number of aryl methyl sites for hydroxylation is 2. The van der Waals surface area contributed by atoms with E-state index in [9.17, 15) is 28.2 Å². The minimum Gasteiger partial charge on any atom is -0.505 e. The van der Waals surface area contributed by atoms with E-state index in [0.29, 0.717) is 46.6 Å². The van der Waals surface area contributed by atoms with Crippen molar-refractivity contribution < 1.29 is 85.6 Å². The number of carbonyl (C=O) groups is 2. The molecule has 0 aliphatic rings. The standard InChI is InChI=1S/C34H30N6O17S5/c1-18-12-25(26(50-2)15-27(18)59-51-30(41)17-58-55-52-45)37-39-32-29(61-57-54-47)14-22-21(33(32)42)6-7-23(35)31(22)38-36-24-8-5-20(13-28(24)60-56-53-46)62(48,49)11-10-40-9-3-4-19(16-40)34(43)44/h3-9,12-16H,10-11,17,35H2,1-2H3,(H4-,42,43,44,45,46,47)/p+1. The third kappa shape index (κ3) is 12.5. The Morgan fingerprint density at radius 1 is 0.806 bits per heavy atom. The Morgan fingerprint density at radius 3 is 2.23 bits per heavy atom. The fraction of sp³-hybridized carbons (Fsp3) is 0.147. The molecule has 0 radical (unpaired) electrons. The Balaban J connectivity index is 1.46. The van der Waals surface area contributed by atoms with E-state index in [-0.39, 0.29) is 77.5 Å². The molecule has 0 saturated heterocycles. The molecular formula is C34H31N6O17S5+. The van der Waals surface area contributed by atoms with Crippen molar-refractivity contribution in [3.8, 4) is 11.5 Å². The normalized spacial score (nSPS) is 11.8. The molecule has 0 aliphatic heterocycles. The number of anilines is 1. The number of sulfone groups is 1. The molecule has 5 rings (SSSR count). The highest BCUT2D eigenvalue weighted by Crippen LogP contribution is 2.48. The second-order valence-corrected chi connectivity index (χ2v) is 16.9. The molecule has 0 atom stereocenters. The van der Waals surface area contributed by atoms with Crippen molar-refractivity contribution in [2.45, 2.75) is 33.1 Å². The van der Waals surface area contributed by atoms with Crippen molar-refractivity contribution in [2.75, 3.05) is 24.3 Å². The van der Waals surface area contributed by atoms with Crippen LogP contribution >= 0.6 is 48.2 Å². The van der Waals surface area contributed by atoms with Gasteiger partial charge in [0.05, 0.1) is 68.5 Å². The average Bonchev–Trinajstić information content (AvgIpc) is 3.26. The largest absolute Gasteiger partial charge is 0.505 e. The minimum absolute atomic E-state index is 0.0135. The number of methoxy groups -OCH3 is 1. The van der Waals surface area contributed by atoms with E-state index in [4.69, 9.17) is 30.4 Å². The van der Waals surface area contributed by atoms with E-state index < -0.39 is 33.3 Å². The number of azo groups is 2. The van der Waals surface area contributed by atoms with Gasteiger partial charge in [0.1, 0.15) is 45.6 Å². The van der Waals surface area contributed by atoms with Gasteiger partial charge in [0.15, 0.2) is 34.5 Å². The number of hydrogen-bond donors (Lipinski definition) is 6. The Labute approximate surface area is 366 Å². The zero-order valence-corrected chi connectivity index (χ0v) is 35.6. The minimum atomic E-state index is -3.98. The third-order valence-corrected chi connectivity index (χ3v) is 12.4. The van der Waals surface area contributed by atoms with Crippen LogP contribution in [0, 0.1) is 6.92 Å². The number of phenolic OH excluding ortho intramolecular Hbond substituents is 1. The van der Waals surface area contributed by atoms with Gasteiger partial charge in [-0.05, 0) is 67.1 Å². The molecule has 23 nitrogen and oxygen atoms in total. The molecule has 1 aromatic heterocycles. The van der Waals surface area contributed by atoms with Crippen LogP contribution in [0.4, 0.5) is 28.4 Å². The van der Waals surface area contributed by atoms with Gasteiger partial charge in [-0.2, -0.15) is 0 Å². The molecule has 5 aromatic rings. The lowest BCUT2D eigenvalue weighted by Crippen LogP contribution is -2.37. The van der Waals surface area contributed by atoms with Crippen LogP contribution in [0.25, 0.3) is 10.8 Å². The molecule has 4 aromatic carbocycles. The van der Waals surface area contributed by atoms with E-state index in [1.165, 1.54) is 78.7 Å². The monoisotopic (exact) mass is 955 g/mol. The van der Waals surface area contributed by atoms with Gasteiger partial charge in [-0.25, -0.2) is 33.6 Å². The summed E-state index contributed by atoms with van der Waals surface area (Å²) in [4.78, 5) is 23.7. The first-order valence-corrected chi connectivity index (χ1v) is 21.5. The average molecular weight is 956 g/mol. The van der Waals surface area contributed by atoms with Gasteiger partial charge < -0.3 is 24.9 Å². The SMILES string of the molecule is COc1cc(SOC(=O)CSOOO)c(C)cc1N=Nc1c(SOOO)cc2c(N=Nc3ccc(S(=O)(=O)CC[n+]4cccc(C(=O)O)c4)cc3SOOO)c(N)ccc2c1O. The van der Waals surface area contributed by atoms with Crippen molar-refractivity contribution in [1.82, 2.24) is 0 Å². The van der Waals surface area contributed by atoms with Crippen LogP contribution in [0.2, 0.25) is 0 Å². The summed E-state index contributed by atoms with van der Waals surface area (Å²) < 4.78 is 52.1. The first kappa shape index (κ1) is 47.9. The molecule has 0 spiro atoms. The zero-order chi connectivity index (χ0) is 44.8. The first-order valence-electron chi connectivity index (χ1n) is 16.8. The van der Waals surface area contributed by atoms with Crippen LogP contribution in [0.15, 0.2) is 113 Å².